The van der Waals surface area contributed by atoms with Gasteiger partial charge in [-0.3, -0.25) is 24.0 Å². The van der Waals surface area contributed by atoms with Crippen molar-refractivity contribution in [3.63, 3.8) is 0 Å². The molecule has 39 heavy (non-hydrogen) atoms. The maximum atomic E-state index is 13.7. The number of anilines is 1. The van der Waals surface area contributed by atoms with Gasteiger partial charge in [-0.1, -0.05) is 25.0 Å². The number of non-ortho nitro benzene ring substituents is 1. The van der Waals surface area contributed by atoms with E-state index in [4.69, 9.17) is 9.47 Å². The van der Waals surface area contributed by atoms with Gasteiger partial charge in [-0.05, 0) is 43.5 Å². The molecule has 0 spiro atoms. The number of carbonyl (C=O) groups excluding carboxylic acids is 2. The van der Waals surface area contributed by atoms with E-state index < -0.39 is 33.4 Å². The van der Waals surface area contributed by atoms with Crippen molar-refractivity contribution in [3.05, 3.63) is 58.1 Å². The molecule has 1 atom stereocenters. The predicted molar refractivity (Wildman–Crippen MR) is 145 cm³/mol. The molecular weight excluding hydrogens is 528 g/mol. The number of methoxy groups -OCH3 is 2. The van der Waals surface area contributed by atoms with Crippen molar-refractivity contribution in [2.45, 2.75) is 51.2 Å². The smallest absolute Gasteiger partial charge is 0.271 e. The summed E-state index contributed by atoms with van der Waals surface area (Å²) < 4.78 is 36.9. The Kier molecular flexibility index (Phi) is 9.73. The summed E-state index contributed by atoms with van der Waals surface area (Å²) in [5, 5.41) is 14.4. The number of hydrogen-bond acceptors (Lipinski definition) is 8. The molecule has 13 heteroatoms. The molecule has 1 aliphatic rings. The normalized spacial score (nSPS) is 14.4. The number of nitrogens with zero attached hydrogens (tertiary/aromatic N) is 3. The third-order valence-electron chi connectivity index (χ3n) is 6.70. The minimum Gasteiger partial charge on any atom is -0.497 e. The van der Waals surface area contributed by atoms with Crippen LogP contribution in [0.3, 0.4) is 0 Å². The van der Waals surface area contributed by atoms with Crippen molar-refractivity contribution < 1.29 is 32.4 Å². The minimum absolute atomic E-state index is 0.0196. The lowest BCUT2D eigenvalue weighted by Gasteiger charge is -2.32. The Morgan fingerprint density at radius 2 is 1.74 bits per heavy atom. The SMILES string of the molecule is COc1ccc(CN(C(=O)CN(c2cc([N+](=O)[O-])ccc2OC)S(C)(=O)=O)[C@@H](C)C(=O)NC2CCCC2)cc1. The molecular formula is C26H34N4O8S. The van der Waals surface area contributed by atoms with Gasteiger partial charge in [0.25, 0.3) is 5.69 Å². The van der Waals surface area contributed by atoms with Gasteiger partial charge in [0.2, 0.25) is 21.8 Å². The maximum absolute atomic E-state index is 13.7. The van der Waals surface area contributed by atoms with Crippen molar-refractivity contribution in [1.82, 2.24) is 10.2 Å². The highest BCUT2D eigenvalue weighted by Crippen LogP contribution is 2.34. The van der Waals surface area contributed by atoms with Gasteiger partial charge in [0, 0.05) is 24.7 Å². The lowest BCUT2D eigenvalue weighted by molar-refractivity contribution is -0.384. The summed E-state index contributed by atoms with van der Waals surface area (Å²) in [6.45, 7) is 0.907. The first-order chi connectivity index (χ1) is 18.4. The molecule has 3 rings (SSSR count). The fourth-order valence-electron chi connectivity index (χ4n) is 4.48. The number of carbonyl (C=O) groups is 2. The molecule has 2 amide bonds. The van der Waals surface area contributed by atoms with Crippen LogP contribution in [0, 0.1) is 10.1 Å². The van der Waals surface area contributed by atoms with Gasteiger partial charge in [0.05, 0.1) is 25.4 Å². The second-order valence-electron chi connectivity index (χ2n) is 9.42. The average molecular weight is 563 g/mol. The summed E-state index contributed by atoms with van der Waals surface area (Å²) in [5.74, 6) is -0.362. The second-order valence-corrected chi connectivity index (χ2v) is 11.3. The number of nitrogens with one attached hydrogen (secondary N) is 1. The van der Waals surface area contributed by atoms with Crippen molar-refractivity contribution >= 4 is 33.2 Å². The Morgan fingerprint density at radius 3 is 2.28 bits per heavy atom. The summed E-state index contributed by atoms with van der Waals surface area (Å²) in [6, 6.07) is 9.52. The highest BCUT2D eigenvalue weighted by atomic mass is 32.2. The van der Waals surface area contributed by atoms with Crippen LogP contribution in [0.15, 0.2) is 42.5 Å². The molecule has 2 aromatic rings. The van der Waals surface area contributed by atoms with Crippen molar-refractivity contribution in [2.75, 3.05) is 31.3 Å². The van der Waals surface area contributed by atoms with Crippen LogP contribution in [-0.2, 0) is 26.2 Å². The molecule has 1 saturated carbocycles. The number of ether oxygens (including phenoxy) is 2. The fourth-order valence-corrected chi connectivity index (χ4v) is 5.33. The van der Waals surface area contributed by atoms with Crippen LogP contribution < -0.4 is 19.1 Å². The Morgan fingerprint density at radius 1 is 1.10 bits per heavy atom. The number of benzene rings is 2. The lowest BCUT2D eigenvalue weighted by atomic mass is 10.1. The van der Waals surface area contributed by atoms with Crippen LogP contribution in [0.4, 0.5) is 11.4 Å². The van der Waals surface area contributed by atoms with E-state index in [-0.39, 0.29) is 35.6 Å². The first kappa shape index (κ1) is 29.7. The van der Waals surface area contributed by atoms with E-state index in [1.54, 1.807) is 31.2 Å². The van der Waals surface area contributed by atoms with E-state index in [2.05, 4.69) is 5.32 Å². The summed E-state index contributed by atoms with van der Waals surface area (Å²) in [4.78, 5) is 38.9. The van der Waals surface area contributed by atoms with Crippen LogP contribution in [-0.4, -0.2) is 69.2 Å². The van der Waals surface area contributed by atoms with Crippen molar-refractivity contribution in [1.29, 1.82) is 0 Å². The molecule has 212 valence electrons. The second kappa shape index (κ2) is 12.8. The molecule has 1 aliphatic carbocycles. The Labute approximate surface area is 228 Å². The molecule has 0 bridgehead atoms. The van der Waals surface area contributed by atoms with Gasteiger partial charge in [0.1, 0.15) is 29.8 Å². The van der Waals surface area contributed by atoms with Gasteiger partial charge >= 0.3 is 0 Å². The third kappa shape index (κ3) is 7.59. The number of nitro groups is 1. The zero-order valence-electron chi connectivity index (χ0n) is 22.5. The third-order valence-corrected chi connectivity index (χ3v) is 7.83. The molecule has 0 radical (unpaired) electrons. The number of nitro benzene ring substituents is 1. The van der Waals surface area contributed by atoms with Crippen LogP contribution in [0.5, 0.6) is 11.5 Å². The molecule has 0 saturated heterocycles. The Balaban J connectivity index is 1.96. The highest BCUT2D eigenvalue weighted by molar-refractivity contribution is 7.92. The zero-order chi connectivity index (χ0) is 28.7. The molecule has 12 nitrogen and oxygen atoms in total. The van der Waals surface area contributed by atoms with Crippen molar-refractivity contribution in [2.24, 2.45) is 0 Å². The van der Waals surface area contributed by atoms with Crippen LogP contribution in [0.25, 0.3) is 0 Å². The van der Waals surface area contributed by atoms with Crippen LogP contribution in [0.2, 0.25) is 0 Å². The van der Waals surface area contributed by atoms with E-state index >= 15 is 0 Å². The molecule has 0 unspecified atom stereocenters. The zero-order valence-corrected chi connectivity index (χ0v) is 23.3. The fraction of sp³-hybridized carbons (Fsp3) is 0.462. The highest BCUT2D eigenvalue weighted by Gasteiger charge is 2.33. The average Bonchev–Trinajstić information content (AvgIpc) is 3.42. The van der Waals surface area contributed by atoms with Crippen LogP contribution in [0.1, 0.15) is 38.2 Å². The van der Waals surface area contributed by atoms with E-state index in [1.165, 1.54) is 31.3 Å². The quantitative estimate of drug-likeness (QED) is 0.307. The lowest BCUT2D eigenvalue weighted by Crippen LogP contribution is -2.52. The standard InChI is InChI=1S/C26H34N4O8S/c1-18(26(32)27-20-7-5-6-8-20)28(16-19-9-12-22(37-2)13-10-19)25(31)17-29(39(4,35)36)23-15-21(30(33)34)11-14-24(23)38-3/h9-15,18,20H,5-8,16-17H2,1-4H3,(H,27,32)/t18-/m0/s1. The predicted octanol–water partition coefficient (Wildman–Crippen LogP) is 2.85. The van der Waals surface area contributed by atoms with Gasteiger partial charge in [0.15, 0.2) is 0 Å². The van der Waals surface area contributed by atoms with Crippen LogP contribution >= 0.6 is 0 Å². The maximum Gasteiger partial charge on any atom is 0.271 e. The van der Waals surface area contributed by atoms with Gasteiger partial charge in [-0.15, -0.1) is 0 Å². The van der Waals surface area contributed by atoms with Gasteiger partial charge in [-0.2, -0.15) is 0 Å². The molecule has 0 aromatic heterocycles. The molecule has 1 fully saturated rings. The van der Waals surface area contributed by atoms with Gasteiger partial charge < -0.3 is 19.7 Å². The molecule has 0 aliphatic heterocycles. The largest absolute Gasteiger partial charge is 0.497 e. The Hall–Kier alpha value is -3.87. The van der Waals surface area contributed by atoms with E-state index in [9.17, 15) is 28.1 Å². The summed E-state index contributed by atoms with van der Waals surface area (Å²) in [6.07, 6.45) is 4.64. The topological polar surface area (TPSA) is 148 Å². The number of rotatable bonds is 12. The van der Waals surface area contributed by atoms with E-state index in [0.717, 1.165) is 42.3 Å². The Bertz CT molecular complexity index is 1290. The molecule has 1 N–H and O–H groups in total. The van der Waals surface area contributed by atoms with Crippen molar-refractivity contribution in [3.8, 4) is 11.5 Å². The first-order valence-electron chi connectivity index (χ1n) is 12.5. The summed E-state index contributed by atoms with van der Waals surface area (Å²) >= 11 is 0. The molecule has 2 aromatic carbocycles. The first-order valence-corrected chi connectivity index (χ1v) is 14.3. The summed E-state index contributed by atoms with van der Waals surface area (Å²) in [5.41, 5.74) is 0.171. The number of sulfonamides is 1. The number of hydrogen-bond donors (Lipinski definition) is 1. The molecule has 0 heterocycles. The minimum atomic E-state index is -4.10. The monoisotopic (exact) mass is 562 g/mol. The van der Waals surface area contributed by atoms with E-state index in [0.29, 0.717) is 11.3 Å². The van der Waals surface area contributed by atoms with Gasteiger partial charge in [-0.25, -0.2) is 8.42 Å². The number of amides is 2. The summed E-state index contributed by atoms with van der Waals surface area (Å²) in [7, 11) is -1.28. The van der Waals surface area contributed by atoms with E-state index in [1.807, 2.05) is 0 Å².